The molecule has 0 atom stereocenters. The summed E-state index contributed by atoms with van der Waals surface area (Å²) in [5.41, 5.74) is 2.08. The summed E-state index contributed by atoms with van der Waals surface area (Å²) < 4.78 is 0. The molecule has 0 spiro atoms. The Morgan fingerprint density at radius 3 is 2.76 bits per heavy atom. The van der Waals surface area contributed by atoms with Gasteiger partial charge < -0.3 is 10.0 Å². The molecule has 1 heterocycles. The lowest BCUT2D eigenvalue weighted by molar-refractivity contribution is 0.429. The first-order chi connectivity index (χ1) is 10.1. The summed E-state index contributed by atoms with van der Waals surface area (Å²) in [6.07, 6.45) is 5.53. The van der Waals surface area contributed by atoms with Crippen LogP contribution in [0, 0.1) is 0 Å². The molecule has 2 nitrogen and oxygen atoms in total. The first-order valence-corrected chi connectivity index (χ1v) is 7.50. The van der Waals surface area contributed by atoms with Gasteiger partial charge in [-0.05, 0) is 42.0 Å². The fraction of sp³-hybridized carbons (Fsp3) is 0.111. The van der Waals surface area contributed by atoms with Crippen molar-refractivity contribution in [3.8, 4) is 16.2 Å². The minimum atomic E-state index is 0.294. The van der Waals surface area contributed by atoms with Gasteiger partial charge in [-0.25, -0.2) is 0 Å². The van der Waals surface area contributed by atoms with Gasteiger partial charge in [0.25, 0.3) is 0 Å². The lowest BCUT2D eigenvalue weighted by Gasteiger charge is -2.19. The Balaban J connectivity index is 2.15. The Labute approximate surface area is 130 Å². The van der Waals surface area contributed by atoms with Gasteiger partial charge in [0.15, 0.2) is 0 Å². The molecule has 0 radical (unpaired) electrons. The fourth-order valence-electron chi connectivity index (χ4n) is 2.07. The van der Waals surface area contributed by atoms with Gasteiger partial charge in [-0.3, -0.25) is 0 Å². The highest BCUT2D eigenvalue weighted by Gasteiger charge is 2.07. The van der Waals surface area contributed by atoms with Gasteiger partial charge in [-0.15, -0.1) is 11.3 Å². The van der Waals surface area contributed by atoms with E-state index in [1.165, 1.54) is 4.88 Å². The molecule has 2 aromatic rings. The highest BCUT2D eigenvalue weighted by molar-refractivity contribution is 7.15. The second kappa shape index (κ2) is 6.95. The van der Waals surface area contributed by atoms with Gasteiger partial charge >= 0.3 is 0 Å². The number of nitrogens with zero attached hydrogens (tertiary/aromatic N) is 1. The average molecular weight is 297 g/mol. The number of thiophene rings is 1. The molecule has 0 amide bonds. The van der Waals surface area contributed by atoms with Crippen molar-refractivity contribution in [3.05, 3.63) is 78.4 Å². The standard InChI is InChI=1S/C18H19NOS/c1-4-7-15(5-2)19(3)13-17-10-11-18(21-17)14-8-6-9-16(20)12-14/h4-12,20H,1-2,13H2,3H3/b15-7+. The number of phenols is 1. The zero-order chi connectivity index (χ0) is 15.2. The molecule has 0 unspecified atom stereocenters. The number of likely N-dealkylation sites (N-methyl/N-ethyl adjacent to an activating group) is 1. The summed E-state index contributed by atoms with van der Waals surface area (Å²) in [5, 5.41) is 9.56. The number of benzene rings is 1. The summed E-state index contributed by atoms with van der Waals surface area (Å²) >= 11 is 1.73. The van der Waals surface area contributed by atoms with E-state index in [1.807, 2.05) is 31.3 Å². The van der Waals surface area contributed by atoms with Crippen LogP contribution in [0.15, 0.2) is 73.5 Å². The Kier molecular flexibility index (Phi) is 5.01. The predicted molar refractivity (Wildman–Crippen MR) is 91.4 cm³/mol. The maximum Gasteiger partial charge on any atom is 0.116 e. The number of rotatable bonds is 6. The zero-order valence-corrected chi connectivity index (χ0v) is 12.9. The van der Waals surface area contributed by atoms with Crippen molar-refractivity contribution in [3.63, 3.8) is 0 Å². The smallest absolute Gasteiger partial charge is 0.116 e. The first kappa shape index (κ1) is 15.1. The number of allylic oxidation sites excluding steroid dienone is 3. The third-order valence-corrected chi connectivity index (χ3v) is 4.24. The molecule has 0 saturated heterocycles. The molecule has 0 aliphatic rings. The monoisotopic (exact) mass is 297 g/mol. The van der Waals surface area contributed by atoms with Crippen LogP contribution in [-0.2, 0) is 6.54 Å². The summed E-state index contributed by atoms with van der Waals surface area (Å²) in [6, 6.07) is 11.5. The molecule has 3 heteroatoms. The Morgan fingerprint density at radius 1 is 1.29 bits per heavy atom. The second-order valence-electron chi connectivity index (χ2n) is 4.70. The molecule has 108 valence electrons. The normalized spacial score (nSPS) is 11.2. The molecule has 1 aromatic heterocycles. The summed E-state index contributed by atoms with van der Waals surface area (Å²) in [4.78, 5) is 4.54. The fourth-order valence-corrected chi connectivity index (χ4v) is 3.13. The van der Waals surface area contributed by atoms with E-state index in [0.29, 0.717) is 5.75 Å². The average Bonchev–Trinajstić information content (AvgIpc) is 2.93. The molecule has 2 rings (SSSR count). The molecule has 0 aliphatic heterocycles. The van der Waals surface area contributed by atoms with E-state index in [-0.39, 0.29) is 0 Å². The van der Waals surface area contributed by atoms with E-state index < -0.39 is 0 Å². The van der Waals surface area contributed by atoms with Gasteiger partial charge in [-0.1, -0.05) is 31.4 Å². The first-order valence-electron chi connectivity index (χ1n) is 6.68. The lowest BCUT2D eigenvalue weighted by Crippen LogP contribution is -2.14. The van der Waals surface area contributed by atoms with Crippen molar-refractivity contribution >= 4 is 11.3 Å². The van der Waals surface area contributed by atoms with Crippen LogP contribution in [0.1, 0.15) is 4.88 Å². The minimum absolute atomic E-state index is 0.294. The van der Waals surface area contributed by atoms with Crippen LogP contribution in [0.25, 0.3) is 10.4 Å². The van der Waals surface area contributed by atoms with Crippen LogP contribution >= 0.6 is 11.3 Å². The van der Waals surface area contributed by atoms with Crippen molar-refractivity contribution in [1.82, 2.24) is 4.90 Å². The largest absolute Gasteiger partial charge is 0.508 e. The predicted octanol–water partition coefficient (Wildman–Crippen LogP) is 4.81. The topological polar surface area (TPSA) is 23.5 Å². The third-order valence-electron chi connectivity index (χ3n) is 3.12. The van der Waals surface area contributed by atoms with Crippen molar-refractivity contribution in [1.29, 1.82) is 0 Å². The van der Waals surface area contributed by atoms with E-state index >= 15 is 0 Å². The van der Waals surface area contributed by atoms with E-state index in [4.69, 9.17) is 0 Å². The van der Waals surface area contributed by atoms with Gasteiger partial charge in [0, 0.05) is 22.5 Å². The highest BCUT2D eigenvalue weighted by atomic mass is 32.1. The molecule has 1 aromatic carbocycles. The van der Waals surface area contributed by atoms with Crippen LogP contribution in [0.2, 0.25) is 0 Å². The van der Waals surface area contributed by atoms with Crippen LogP contribution in [-0.4, -0.2) is 17.1 Å². The third kappa shape index (κ3) is 3.86. The Morgan fingerprint density at radius 2 is 2.10 bits per heavy atom. The van der Waals surface area contributed by atoms with Crippen LogP contribution in [0.4, 0.5) is 0 Å². The van der Waals surface area contributed by atoms with Crippen molar-refractivity contribution < 1.29 is 5.11 Å². The maximum absolute atomic E-state index is 9.56. The van der Waals surface area contributed by atoms with Crippen molar-refractivity contribution in [2.45, 2.75) is 6.54 Å². The van der Waals surface area contributed by atoms with E-state index in [1.54, 1.807) is 29.5 Å². The Hall–Kier alpha value is -2.26. The molecule has 0 saturated carbocycles. The highest BCUT2D eigenvalue weighted by Crippen LogP contribution is 2.30. The number of hydrogen-bond acceptors (Lipinski definition) is 3. The second-order valence-corrected chi connectivity index (χ2v) is 5.87. The van der Waals surface area contributed by atoms with E-state index in [2.05, 4.69) is 30.2 Å². The number of phenolic OH excluding ortho intramolecular Hbond substituents is 1. The lowest BCUT2D eigenvalue weighted by atomic mass is 10.2. The van der Waals surface area contributed by atoms with Crippen molar-refractivity contribution in [2.75, 3.05) is 7.05 Å². The number of aromatic hydroxyl groups is 1. The quantitative estimate of drug-likeness (QED) is 0.774. The molecular formula is C18H19NOS. The zero-order valence-electron chi connectivity index (χ0n) is 12.1. The molecule has 0 bridgehead atoms. The molecule has 21 heavy (non-hydrogen) atoms. The Bertz CT molecular complexity index is 669. The minimum Gasteiger partial charge on any atom is -0.508 e. The van der Waals surface area contributed by atoms with Gasteiger partial charge in [0.1, 0.15) is 5.75 Å². The SMILES string of the molecule is C=C/C=C(\C=C)N(C)Cc1ccc(-c2cccc(O)c2)s1. The maximum atomic E-state index is 9.56. The summed E-state index contributed by atoms with van der Waals surface area (Å²) in [5.74, 6) is 0.294. The summed E-state index contributed by atoms with van der Waals surface area (Å²) in [7, 11) is 2.03. The number of hydrogen-bond donors (Lipinski definition) is 1. The van der Waals surface area contributed by atoms with Gasteiger partial charge in [0.05, 0.1) is 6.54 Å². The summed E-state index contributed by atoms with van der Waals surface area (Å²) in [6.45, 7) is 8.36. The van der Waals surface area contributed by atoms with Crippen molar-refractivity contribution in [2.24, 2.45) is 0 Å². The molecule has 0 fully saturated rings. The van der Waals surface area contributed by atoms with Gasteiger partial charge in [-0.2, -0.15) is 0 Å². The molecule has 0 aliphatic carbocycles. The van der Waals surface area contributed by atoms with Crippen LogP contribution < -0.4 is 0 Å². The molecular weight excluding hydrogens is 278 g/mol. The van der Waals surface area contributed by atoms with Crippen LogP contribution in [0.3, 0.4) is 0 Å². The molecule has 1 N–H and O–H groups in total. The van der Waals surface area contributed by atoms with E-state index in [0.717, 1.165) is 22.7 Å². The van der Waals surface area contributed by atoms with Crippen LogP contribution in [0.5, 0.6) is 5.75 Å². The van der Waals surface area contributed by atoms with Gasteiger partial charge in [0.2, 0.25) is 0 Å². The van der Waals surface area contributed by atoms with E-state index in [9.17, 15) is 5.11 Å².